The molecule has 1 aliphatic carbocycles. The smallest absolute Gasteiger partial charge is 0.256 e. The zero-order valence-electron chi connectivity index (χ0n) is 8.82. The molecular weight excluding hydrogens is 186 g/mol. The van der Waals surface area contributed by atoms with Gasteiger partial charge in [-0.15, -0.1) is 0 Å². The van der Waals surface area contributed by atoms with Crippen molar-refractivity contribution in [1.82, 2.24) is 10.2 Å². The van der Waals surface area contributed by atoms with Crippen molar-refractivity contribution in [2.24, 2.45) is 0 Å². The van der Waals surface area contributed by atoms with E-state index in [1.54, 1.807) is 0 Å². The van der Waals surface area contributed by atoms with Crippen molar-refractivity contribution in [3.8, 4) is 0 Å². The molecule has 1 saturated carbocycles. The minimum atomic E-state index is -2.18. The summed E-state index contributed by atoms with van der Waals surface area (Å²) in [6, 6.07) is 0. The predicted octanol–water partition coefficient (Wildman–Crippen LogP) is 1.47. The zero-order valence-corrected chi connectivity index (χ0v) is 8.82. The largest absolute Gasteiger partial charge is 0.309 e. The summed E-state index contributed by atoms with van der Waals surface area (Å²) in [5.74, 6) is 0. The van der Waals surface area contributed by atoms with Gasteiger partial charge < -0.3 is 5.32 Å². The Hall–Kier alpha value is -0.220. The van der Waals surface area contributed by atoms with Crippen molar-refractivity contribution in [2.45, 2.75) is 44.2 Å². The predicted molar refractivity (Wildman–Crippen MR) is 51.6 cm³/mol. The summed E-state index contributed by atoms with van der Waals surface area (Å²) in [4.78, 5) is 1.98. The maximum atomic E-state index is 12.8. The molecule has 0 atom stereocenters. The van der Waals surface area contributed by atoms with Crippen molar-refractivity contribution in [1.29, 1.82) is 0 Å². The number of nitrogens with zero attached hydrogens (tertiary/aromatic N) is 1. The molecule has 0 aromatic rings. The second-order valence-corrected chi connectivity index (χ2v) is 5.14. The van der Waals surface area contributed by atoms with Crippen LogP contribution in [0.3, 0.4) is 0 Å². The third kappa shape index (κ3) is 1.65. The van der Waals surface area contributed by atoms with Gasteiger partial charge in [-0.05, 0) is 26.7 Å². The fourth-order valence-corrected chi connectivity index (χ4v) is 2.32. The fraction of sp³-hybridized carbons (Fsp3) is 1.00. The first-order valence-corrected chi connectivity index (χ1v) is 5.25. The Kier molecular flexibility index (Phi) is 2.31. The van der Waals surface area contributed by atoms with Crippen molar-refractivity contribution in [3.63, 3.8) is 0 Å². The molecule has 82 valence electrons. The number of piperazine rings is 1. The van der Waals surface area contributed by atoms with E-state index in [-0.39, 0.29) is 5.54 Å². The minimum absolute atomic E-state index is 0.0251. The summed E-state index contributed by atoms with van der Waals surface area (Å²) in [6.07, 6.45) is -0.849. The molecule has 2 nitrogen and oxygen atoms in total. The number of hydrogen-bond acceptors (Lipinski definition) is 2. The Morgan fingerprint density at radius 1 is 1.29 bits per heavy atom. The Morgan fingerprint density at radius 2 is 1.93 bits per heavy atom. The Bertz CT molecular complexity index is 224. The summed E-state index contributed by atoms with van der Waals surface area (Å²) < 4.78 is 25.7. The summed E-state index contributed by atoms with van der Waals surface area (Å²) in [7, 11) is 0. The second kappa shape index (κ2) is 3.14. The Labute approximate surface area is 83.7 Å². The van der Waals surface area contributed by atoms with Crippen LogP contribution in [0.2, 0.25) is 0 Å². The molecule has 0 aromatic carbocycles. The molecule has 4 heteroatoms. The molecule has 0 unspecified atom stereocenters. The van der Waals surface area contributed by atoms with Gasteiger partial charge in [0.1, 0.15) is 0 Å². The summed E-state index contributed by atoms with van der Waals surface area (Å²) in [5, 5.41) is 3.34. The van der Waals surface area contributed by atoms with Crippen LogP contribution in [0.1, 0.15) is 26.7 Å². The highest BCUT2D eigenvalue weighted by Crippen LogP contribution is 2.47. The van der Waals surface area contributed by atoms with E-state index in [2.05, 4.69) is 19.2 Å². The van der Waals surface area contributed by atoms with Crippen LogP contribution in [0.15, 0.2) is 0 Å². The highest BCUT2D eigenvalue weighted by Gasteiger charge is 2.56. The first kappa shape index (κ1) is 10.3. The van der Waals surface area contributed by atoms with Gasteiger partial charge in [-0.2, -0.15) is 0 Å². The normalized spacial score (nSPS) is 30.6. The first-order valence-electron chi connectivity index (χ1n) is 5.25. The molecule has 1 heterocycles. The molecule has 2 rings (SSSR count). The first-order chi connectivity index (χ1) is 6.46. The average molecular weight is 204 g/mol. The van der Waals surface area contributed by atoms with Gasteiger partial charge in [-0.1, -0.05) is 0 Å². The van der Waals surface area contributed by atoms with Crippen molar-refractivity contribution in [2.75, 3.05) is 19.6 Å². The molecule has 0 aromatic heterocycles. The molecule has 1 N–H and O–H groups in total. The van der Waals surface area contributed by atoms with Crippen LogP contribution >= 0.6 is 0 Å². The molecule has 0 spiro atoms. The lowest BCUT2D eigenvalue weighted by Gasteiger charge is -2.43. The lowest BCUT2D eigenvalue weighted by atomic mass is 10.00. The summed E-state index contributed by atoms with van der Waals surface area (Å²) >= 11 is 0. The van der Waals surface area contributed by atoms with Crippen LogP contribution in [0, 0.1) is 0 Å². The van der Waals surface area contributed by atoms with Crippen molar-refractivity contribution in [3.05, 3.63) is 0 Å². The van der Waals surface area contributed by atoms with E-state index in [0.717, 1.165) is 19.6 Å². The molecule has 14 heavy (non-hydrogen) atoms. The van der Waals surface area contributed by atoms with Crippen LogP contribution < -0.4 is 5.32 Å². The number of halogens is 2. The van der Waals surface area contributed by atoms with Gasteiger partial charge >= 0.3 is 0 Å². The second-order valence-electron chi connectivity index (χ2n) is 5.14. The van der Waals surface area contributed by atoms with E-state index in [9.17, 15) is 8.78 Å². The quantitative estimate of drug-likeness (QED) is 0.732. The minimum Gasteiger partial charge on any atom is -0.309 e. The van der Waals surface area contributed by atoms with Crippen LogP contribution in [0.25, 0.3) is 0 Å². The van der Waals surface area contributed by atoms with Crippen LogP contribution in [0.5, 0.6) is 0 Å². The molecule has 1 saturated heterocycles. The topological polar surface area (TPSA) is 15.3 Å². The van der Waals surface area contributed by atoms with Gasteiger partial charge in [0, 0.05) is 25.2 Å². The van der Waals surface area contributed by atoms with Crippen LogP contribution in [0.4, 0.5) is 8.78 Å². The Morgan fingerprint density at radius 3 is 2.36 bits per heavy atom. The molecule has 1 aliphatic heterocycles. The highest BCUT2D eigenvalue weighted by molar-refractivity contribution is 5.08. The van der Waals surface area contributed by atoms with E-state index >= 15 is 0 Å². The maximum Gasteiger partial charge on any atom is 0.256 e. The van der Waals surface area contributed by atoms with Gasteiger partial charge in [0.15, 0.2) is 0 Å². The molecular formula is C10H18F2N2. The maximum absolute atomic E-state index is 12.8. The van der Waals surface area contributed by atoms with Crippen molar-refractivity contribution < 1.29 is 8.78 Å². The SMILES string of the molecule is CC1(C)CN(C2(C(F)F)CC2)CCN1. The van der Waals surface area contributed by atoms with Gasteiger partial charge in [0.25, 0.3) is 6.43 Å². The number of rotatable bonds is 2. The van der Waals surface area contributed by atoms with Gasteiger partial charge in [0.05, 0.1) is 5.54 Å². The number of hydrogen-bond donors (Lipinski definition) is 1. The molecule has 2 fully saturated rings. The fourth-order valence-electron chi connectivity index (χ4n) is 2.32. The standard InChI is InChI=1S/C10H18F2N2/c1-9(2)7-14(6-5-13-9)10(3-4-10)8(11)12/h8,13H,3-7H2,1-2H3. The highest BCUT2D eigenvalue weighted by atomic mass is 19.3. The van der Waals surface area contributed by atoms with E-state index < -0.39 is 12.0 Å². The molecule has 2 aliphatic rings. The molecule has 0 radical (unpaired) electrons. The molecule has 0 bridgehead atoms. The van der Waals surface area contributed by atoms with E-state index in [1.165, 1.54) is 0 Å². The van der Waals surface area contributed by atoms with E-state index in [0.29, 0.717) is 12.8 Å². The summed E-state index contributed by atoms with van der Waals surface area (Å²) in [5.41, 5.74) is -0.790. The monoisotopic (exact) mass is 204 g/mol. The third-order valence-electron chi connectivity index (χ3n) is 3.37. The average Bonchev–Trinajstić information content (AvgIpc) is 2.81. The summed E-state index contributed by atoms with van der Waals surface area (Å²) in [6.45, 7) is 6.45. The number of alkyl halides is 2. The zero-order chi connectivity index (χ0) is 10.4. The number of nitrogens with one attached hydrogen (secondary N) is 1. The third-order valence-corrected chi connectivity index (χ3v) is 3.37. The van der Waals surface area contributed by atoms with E-state index in [1.807, 2.05) is 4.90 Å². The van der Waals surface area contributed by atoms with Crippen LogP contribution in [-0.4, -0.2) is 42.0 Å². The van der Waals surface area contributed by atoms with Gasteiger partial charge in [0.2, 0.25) is 0 Å². The lowest BCUT2D eigenvalue weighted by molar-refractivity contribution is -0.0148. The Balaban J connectivity index is 2.05. The van der Waals surface area contributed by atoms with Gasteiger partial charge in [-0.3, -0.25) is 4.90 Å². The lowest BCUT2D eigenvalue weighted by Crippen LogP contribution is -2.61. The van der Waals surface area contributed by atoms with E-state index in [4.69, 9.17) is 0 Å². The van der Waals surface area contributed by atoms with Crippen LogP contribution in [-0.2, 0) is 0 Å². The van der Waals surface area contributed by atoms with Crippen molar-refractivity contribution >= 4 is 0 Å². The van der Waals surface area contributed by atoms with Gasteiger partial charge in [-0.25, -0.2) is 8.78 Å². The molecule has 0 amide bonds.